The van der Waals surface area contributed by atoms with E-state index in [0.29, 0.717) is 6.61 Å². The Bertz CT molecular complexity index is 664. The van der Waals surface area contributed by atoms with E-state index in [1.807, 2.05) is 51.1 Å². The first kappa shape index (κ1) is 24.0. The van der Waals surface area contributed by atoms with Crippen LogP contribution in [0, 0.1) is 22.7 Å². The van der Waals surface area contributed by atoms with Crippen LogP contribution in [0.3, 0.4) is 0 Å². The van der Waals surface area contributed by atoms with E-state index in [9.17, 15) is 19.5 Å². The minimum Gasteiger partial charge on any atom is -0.481 e. The summed E-state index contributed by atoms with van der Waals surface area (Å²) < 4.78 is 5.79. The van der Waals surface area contributed by atoms with Gasteiger partial charge < -0.3 is 9.84 Å². The zero-order chi connectivity index (χ0) is 21.5. The first-order valence-electron chi connectivity index (χ1n) is 9.74. The van der Waals surface area contributed by atoms with Gasteiger partial charge in [-0.3, -0.25) is 14.4 Å². The first-order chi connectivity index (χ1) is 12.8. The van der Waals surface area contributed by atoms with E-state index < -0.39 is 28.6 Å². The molecular formula is C23H34O5. The lowest BCUT2D eigenvalue weighted by Gasteiger charge is -2.29. The summed E-state index contributed by atoms with van der Waals surface area (Å²) in [5, 5.41) is 9.27. The summed E-state index contributed by atoms with van der Waals surface area (Å²) in [5.74, 6) is -2.43. The van der Waals surface area contributed by atoms with Crippen molar-refractivity contribution in [3.05, 3.63) is 35.9 Å². The van der Waals surface area contributed by atoms with Gasteiger partial charge in [-0.15, -0.1) is 0 Å². The fourth-order valence-corrected chi connectivity index (χ4v) is 3.21. The molecule has 5 heteroatoms. The van der Waals surface area contributed by atoms with E-state index in [1.165, 1.54) is 0 Å². The topological polar surface area (TPSA) is 80.7 Å². The Morgan fingerprint density at radius 3 is 1.86 bits per heavy atom. The van der Waals surface area contributed by atoms with Crippen molar-refractivity contribution in [2.45, 2.75) is 61.0 Å². The number of ether oxygens (including phenoxy) is 1. The highest BCUT2D eigenvalue weighted by molar-refractivity contribution is 5.90. The third-order valence-corrected chi connectivity index (χ3v) is 4.64. The number of aliphatic carboxylic acids is 1. The normalized spacial score (nSPS) is 14.4. The molecule has 28 heavy (non-hydrogen) atoms. The Hall–Kier alpha value is -2.01. The quantitative estimate of drug-likeness (QED) is 0.635. The molecule has 0 heterocycles. The van der Waals surface area contributed by atoms with Gasteiger partial charge in [-0.2, -0.15) is 0 Å². The van der Waals surface area contributed by atoms with Crippen LogP contribution in [0.4, 0.5) is 0 Å². The van der Waals surface area contributed by atoms with Gasteiger partial charge in [0.25, 0.3) is 0 Å². The molecule has 0 bridgehead atoms. The largest absolute Gasteiger partial charge is 0.481 e. The van der Waals surface area contributed by atoms with Gasteiger partial charge >= 0.3 is 5.97 Å². The van der Waals surface area contributed by atoms with Crippen molar-refractivity contribution in [3.8, 4) is 0 Å². The average Bonchev–Trinajstić information content (AvgIpc) is 2.57. The molecule has 0 saturated heterocycles. The molecular weight excluding hydrogens is 356 g/mol. The number of carboxylic acid groups (broad SMARTS) is 1. The number of benzene rings is 1. The summed E-state index contributed by atoms with van der Waals surface area (Å²) in [5.41, 5.74) is -0.267. The van der Waals surface area contributed by atoms with Gasteiger partial charge in [0.2, 0.25) is 0 Å². The fraction of sp³-hybridized carbons (Fsp3) is 0.609. The van der Waals surface area contributed by atoms with Crippen LogP contribution in [0.5, 0.6) is 0 Å². The molecule has 156 valence electrons. The fourth-order valence-electron chi connectivity index (χ4n) is 3.21. The number of ketones is 2. The SMILES string of the molecule is CC(C)(C)C(=O)C(COCc1ccccc1)CC(CC(=O)O)C(=O)C(C)(C)C. The maximum atomic E-state index is 13.0. The zero-order valence-corrected chi connectivity index (χ0v) is 18.0. The Labute approximate surface area is 168 Å². The van der Waals surface area contributed by atoms with Crippen molar-refractivity contribution < 1.29 is 24.2 Å². The second kappa shape index (κ2) is 9.97. The molecule has 1 rings (SSSR count). The van der Waals surface area contributed by atoms with Gasteiger partial charge in [-0.05, 0) is 12.0 Å². The maximum Gasteiger partial charge on any atom is 0.304 e. The van der Waals surface area contributed by atoms with E-state index in [4.69, 9.17) is 4.74 Å². The Kier molecular flexibility index (Phi) is 8.55. The number of rotatable bonds is 10. The van der Waals surface area contributed by atoms with E-state index in [1.54, 1.807) is 20.8 Å². The first-order valence-corrected chi connectivity index (χ1v) is 9.74. The van der Waals surface area contributed by atoms with Crippen LogP contribution in [0.1, 0.15) is 59.9 Å². The minimum atomic E-state index is -1.03. The minimum absolute atomic E-state index is 0.0161. The van der Waals surface area contributed by atoms with Crippen LogP contribution in [0.2, 0.25) is 0 Å². The Balaban J connectivity index is 2.96. The van der Waals surface area contributed by atoms with Crippen molar-refractivity contribution in [2.24, 2.45) is 22.7 Å². The molecule has 0 saturated carbocycles. The molecule has 1 N–H and O–H groups in total. The highest BCUT2D eigenvalue weighted by Crippen LogP contribution is 2.31. The molecule has 0 aliphatic rings. The van der Waals surface area contributed by atoms with Gasteiger partial charge in [-0.25, -0.2) is 0 Å². The van der Waals surface area contributed by atoms with Gasteiger partial charge in [0.1, 0.15) is 11.6 Å². The maximum absolute atomic E-state index is 13.0. The second-order valence-electron chi connectivity index (χ2n) is 9.46. The molecule has 2 unspecified atom stereocenters. The lowest BCUT2D eigenvalue weighted by molar-refractivity contribution is -0.144. The molecule has 0 aliphatic carbocycles. The molecule has 0 spiro atoms. The number of carboxylic acids is 1. The van der Waals surface area contributed by atoms with Crippen LogP contribution < -0.4 is 0 Å². The zero-order valence-electron chi connectivity index (χ0n) is 18.0. The number of hydrogen-bond donors (Lipinski definition) is 1. The third-order valence-electron chi connectivity index (χ3n) is 4.64. The Morgan fingerprint density at radius 2 is 1.39 bits per heavy atom. The number of Topliss-reactive ketones (excluding diaryl/α,β-unsaturated/α-hetero) is 2. The van der Waals surface area contributed by atoms with Gasteiger partial charge in [-0.1, -0.05) is 71.9 Å². The van der Waals surface area contributed by atoms with Crippen LogP contribution >= 0.6 is 0 Å². The van der Waals surface area contributed by atoms with Crippen molar-refractivity contribution in [1.82, 2.24) is 0 Å². The van der Waals surface area contributed by atoms with Gasteiger partial charge in [0, 0.05) is 22.7 Å². The van der Waals surface area contributed by atoms with Crippen molar-refractivity contribution >= 4 is 17.5 Å². The molecule has 1 aromatic carbocycles. The van der Waals surface area contributed by atoms with Crippen LogP contribution in [-0.2, 0) is 25.7 Å². The summed E-state index contributed by atoms with van der Waals surface area (Å²) in [7, 11) is 0. The molecule has 0 aliphatic heterocycles. The van der Waals surface area contributed by atoms with Gasteiger partial charge in [0.15, 0.2) is 0 Å². The second-order valence-corrected chi connectivity index (χ2v) is 9.46. The van der Waals surface area contributed by atoms with Crippen LogP contribution in [-0.4, -0.2) is 29.2 Å². The van der Waals surface area contributed by atoms with E-state index in [0.717, 1.165) is 5.56 Å². The van der Waals surface area contributed by atoms with Crippen molar-refractivity contribution in [1.29, 1.82) is 0 Å². The highest BCUT2D eigenvalue weighted by Gasteiger charge is 2.37. The van der Waals surface area contributed by atoms with Gasteiger partial charge in [0.05, 0.1) is 19.6 Å². The number of carbonyl (C=O) groups is 3. The smallest absolute Gasteiger partial charge is 0.304 e. The molecule has 0 fully saturated rings. The predicted octanol–water partition coefficient (Wildman–Crippen LogP) is 4.53. The monoisotopic (exact) mass is 390 g/mol. The third kappa shape index (κ3) is 7.93. The summed E-state index contributed by atoms with van der Waals surface area (Å²) in [6, 6.07) is 9.64. The van der Waals surface area contributed by atoms with E-state index in [2.05, 4.69) is 0 Å². The summed E-state index contributed by atoms with van der Waals surface area (Å²) in [6.45, 7) is 11.3. The standard InChI is InChI=1S/C23H34O5/c1-22(2,3)20(26)17(13-19(24)25)12-18(21(27)23(4,5)6)15-28-14-16-10-8-7-9-11-16/h7-11,17-18H,12-15H2,1-6H3,(H,24,25). The van der Waals surface area contributed by atoms with Crippen molar-refractivity contribution in [2.75, 3.05) is 6.61 Å². The predicted molar refractivity (Wildman–Crippen MR) is 109 cm³/mol. The summed E-state index contributed by atoms with van der Waals surface area (Å²) >= 11 is 0. The number of carbonyl (C=O) groups excluding carboxylic acids is 2. The molecule has 2 atom stereocenters. The Morgan fingerprint density at radius 1 is 0.893 bits per heavy atom. The summed E-state index contributed by atoms with van der Waals surface area (Å²) in [4.78, 5) is 37.1. The van der Waals surface area contributed by atoms with E-state index in [-0.39, 0.29) is 31.0 Å². The average molecular weight is 391 g/mol. The van der Waals surface area contributed by atoms with Crippen LogP contribution in [0.25, 0.3) is 0 Å². The van der Waals surface area contributed by atoms with Crippen LogP contribution in [0.15, 0.2) is 30.3 Å². The summed E-state index contributed by atoms with van der Waals surface area (Å²) in [6.07, 6.45) is -0.0873. The van der Waals surface area contributed by atoms with E-state index >= 15 is 0 Å². The molecule has 5 nitrogen and oxygen atoms in total. The molecule has 0 radical (unpaired) electrons. The molecule has 1 aromatic rings. The highest BCUT2D eigenvalue weighted by atomic mass is 16.5. The molecule has 0 aromatic heterocycles. The lowest BCUT2D eigenvalue weighted by atomic mass is 9.74. The van der Waals surface area contributed by atoms with Crippen molar-refractivity contribution in [3.63, 3.8) is 0 Å². The lowest BCUT2D eigenvalue weighted by Crippen LogP contribution is -2.37. The number of hydrogen-bond acceptors (Lipinski definition) is 4. The molecule has 0 amide bonds.